The lowest BCUT2D eigenvalue weighted by Gasteiger charge is -2.11. The third kappa shape index (κ3) is 6.55. The fourth-order valence-electron chi connectivity index (χ4n) is 4.25. The van der Waals surface area contributed by atoms with Crippen molar-refractivity contribution in [2.24, 2.45) is 4.99 Å². The molecule has 0 aliphatic rings. The van der Waals surface area contributed by atoms with Crippen LogP contribution in [0, 0.1) is 11.3 Å². The summed E-state index contributed by atoms with van der Waals surface area (Å²) in [6.07, 6.45) is 1.65. The molecule has 0 saturated carbocycles. The number of nitrogens with zero attached hydrogens (tertiary/aromatic N) is 2. The van der Waals surface area contributed by atoms with Crippen molar-refractivity contribution in [1.82, 2.24) is 0 Å². The molecule has 0 atom stereocenters. The zero-order valence-electron chi connectivity index (χ0n) is 22.5. The van der Waals surface area contributed by atoms with Crippen LogP contribution in [0.3, 0.4) is 0 Å². The van der Waals surface area contributed by atoms with E-state index < -0.39 is 0 Å². The molecule has 6 nitrogen and oxygen atoms in total. The Balaban J connectivity index is 1.49. The van der Waals surface area contributed by atoms with Gasteiger partial charge in [0.25, 0.3) is 0 Å². The second-order valence-electron chi connectivity index (χ2n) is 9.04. The molecule has 0 aliphatic heterocycles. The van der Waals surface area contributed by atoms with Crippen molar-refractivity contribution in [3.8, 4) is 45.8 Å². The molecule has 9 heteroatoms. The van der Waals surface area contributed by atoms with Gasteiger partial charge in [-0.3, -0.25) is 0 Å². The SMILES string of the molecule is COc1ccc(-c2oc(N=Cc3cc(Br)c(OCc4ccc(Cl)cc4)c(Br)c3)c(C#N)c2-c2ccc(OC)cc2)cc1. The van der Waals surface area contributed by atoms with Crippen molar-refractivity contribution in [2.45, 2.75) is 6.61 Å². The summed E-state index contributed by atoms with van der Waals surface area (Å²) in [5, 5.41) is 10.9. The molecule has 210 valence electrons. The van der Waals surface area contributed by atoms with Crippen molar-refractivity contribution in [1.29, 1.82) is 5.26 Å². The van der Waals surface area contributed by atoms with E-state index >= 15 is 0 Å². The van der Waals surface area contributed by atoms with Crippen molar-refractivity contribution in [3.05, 3.63) is 116 Å². The quantitative estimate of drug-likeness (QED) is 0.143. The van der Waals surface area contributed by atoms with Gasteiger partial charge in [-0.1, -0.05) is 35.9 Å². The highest BCUT2D eigenvalue weighted by Crippen LogP contribution is 2.43. The highest BCUT2D eigenvalue weighted by molar-refractivity contribution is 9.11. The summed E-state index contributed by atoms with van der Waals surface area (Å²) in [7, 11) is 3.22. The number of furan rings is 1. The number of rotatable bonds is 9. The van der Waals surface area contributed by atoms with Gasteiger partial charge in [-0.15, -0.1) is 0 Å². The summed E-state index contributed by atoms with van der Waals surface area (Å²) < 4.78 is 24.4. The molecule has 0 spiro atoms. The zero-order chi connectivity index (χ0) is 29.6. The topological polar surface area (TPSA) is 77.0 Å². The van der Waals surface area contributed by atoms with Crippen molar-refractivity contribution in [2.75, 3.05) is 14.2 Å². The minimum Gasteiger partial charge on any atom is -0.497 e. The predicted octanol–water partition coefficient (Wildman–Crippen LogP) is 10.0. The molecular formula is C33H23Br2ClN2O4. The van der Waals surface area contributed by atoms with Gasteiger partial charge in [0.15, 0.2) is 0 Å². The van der Waals surface area contributed by atoms with Crippen LogP contribution in [0.15, 0.2) is 103 Å². The molecule has 0 N–H and O–H groups in total. The highest BCUT2D eigenvalue weighted by atomic mass is 79.9. The van der Waals surface area contributed by atoms with Gasteiger partial charge >= 0.3 is 0 Å². The van der Waals surface area contributed by atoms with E-state index in [-0.39, 0.29) is 5.88 Å². The molecular weight excluding hydrogens is 684 g/mol. The Morgan fingerprint density at radius 1 is 0.857 bits per heavy atom. The number of halogens is 3. The molecule has 4 aromatic carbocycles. The Kier molecular flexibility index (Phi) is 9.33. The molecule has 1 aromatic heterocycles. The summed E-state index contributed by atoms with van der Waals surface area (Å²) in [5.41, 5.74) is 4.31. The van der Waals surface area contributed by atoms with Crippen molar-refractivity contribution >= 4 is 55.6 Å². The maximum atomic E-state index is 10.2. The van der Waals surface area contributed by atoms with Gasteiger partial charge in [-0.05, 0) is 109 Å². The van der Waals surface area contributed by atoms with Gasteiger partial charge in [0.2, 0.25) is 5.88 Å². The molecule has 0 radical (unpaired) electrons. The van der Waals surface area contributed by atoms with E-state index in [1.54, 1.807) is 20.4 Å². The standard InChI is InChI=1S/C33H23Br2ClN2O4/c1-39-25-11-5-22(6-12-25)30-27(17-37)33(42-31(30)23-7-13-26(40-2)14-8-23)38-18-21-15-28(34)32(29(35)16-21)41-19-20-3-9-24(36)10-4-20/h3-16,18H,19H2,1-2H3. The lowest BCUT2D eigenvalue weighted by Crippen LogP contribution is -1.97. The van der Waals surface area contributed by atoms with Crippen LogP contribution in [0.25, 0.3) is 22.5 Å². The Labute approximate surface area is 265 Å². The zero-order valence-corrected chi connectivity index (χ0v) is 26.5. The van der Waals surface area contributed by atoms with Crippen LogP contribution >= 0.6 is 43.5 Å². The van der Waals surface area contributed by atoms with E-state index in [9.17, 15) is 5.26 Å². The first-order valence-corrected chi connectivity index (χ1v) is 14.6. The first-order valence-electron chi connectivity index (χ1n) is 12.7. The van der Waals surface area contributed by atoms with Crippen LogP contribution < -0.4 is 14.2 Å². The predicted molar refractivity (Wildman–Crippen MR) is 172 cm³/mol. The van der Waals surface area contributed by atoms with Gasteiger partial charge in [-0.25, -0.2) is 4.99 Å². The molecule has 0 unspecified atom stereocenters. The number of aliphatic imine (C=N–C) groups is 1. The summed E-state index contributed by atoms with van der Waals surface area (Å²) in [6.45, 7) is 0.377. The molecule has 0 saturated heterocycles. The van der Waals surface area contributed by atoms with E-state index in [1.165, 1.54) is 0 Å². The molecule has 42 heavy (non-hydrogen) atoms. The van der Waals surface area contributed by atoms with Gasteiger partial charge < -0.3 is 18.6 Å². The first kappa shape index (κ1) is 29.5. The maximum absolute atomic E-state index is 10.2. The lowest BCUT2D eigenvalue weighted by molar-refractivity contribution is 0.302. The van der Waals surface area contributed by atoms with Crippen LogP contribution in [0.2, 0.25) is 5.02 Å². The highest BCUT2D eigenvalue weighted by Gasteiger charge is 2.23. The van der Waals surface area contributed by atoms with Crippen LogP contribution in [0.4, 0.5) is 5.88 Å². The van der Waals surface area contributed by atoms with E-state index in [4.69, 9.17) is 30.2 Å². The minimum absolute atomic E-state index is 0.199. The third-order valence-corrected chi connectivity index (χ3v) is 7.81. The molecule has 0 aliphatic carbocycles. The Morgan fingerprint density at radius 3 is 1.98 bits per heavy atom. The average molecular weight is 707 g/mol. The van der Waals surface area contributed by atoms with Gasteiger partial charge in [0, 0.05) is 22.4 Å². The molecule has 5 rings (SSSR count). The van der Waals surface area contributed by atoms with Crippen molar-refractivity contribution in [3.63, 3.8) is 0 Å². The largest absolute Gasteiger partial charge is 0.497 e. The minimum atomic E-state index is 0.199. The van der Waals surface area contributed by atoms with Crippen LogP contribution in [0.1, 0.15) is 16.7 Å². The second-order valence-corrected chi connectivity index (χ2v) is 11.2. The molecule has 0 bridgehead atoms. The number of hydrogen-bond donors (Lipinski definition) is 0. The third-order valence-electron chi connectivity index (χ3n) is 6.38. The van der Waals surface area contributed by atoms with Crippen LogP contribution in [0.5, 0.6) is 17.2 Å². The van der Waals surface area contributed by atoms with E-state index in [1.807, 2.05) is 84.9 Å². The number of hydrogen-bond acceptors (Lipinski definition) is 6. The van der Waals surface area contributed by atoms with Crippen LogP contribution in [-0.4, -0.2) is 20.4 Å². The maximum Gasteiger partial charge on any atom is 0.238 e. The summed E-state index contributed by atoms with van der Waals surface area (Å²) in [5.74, 6) is 2.80. The Bertz CT molecular complexity index is 1750. The fraction of sp³-hybridized carbons (Fsp3) is 0.0909. The molecule has 0 amide bonds. The number of nitriles is 1. The summed E-state index contributed by atoms with van der Waals surface area (Å²) in [4.78, 5) is 4.60. The van der Waals surface area contributed by atoms with Gasteiger partial charge in [-0.2, -0.15) is 5.26 Å². The summed E-state index contributed by atoms with van der Waals surface area (Å²) in [6, 6.07) is 28.5. The van der Waals surface area contributed by atoms with Gasteiger partial charge in [0.05, 0.1) is 23.2 Å². The first-order chi connectivity index (χ1) is 20.4. The summed E-state index contributed by atoms with van der Waals surface area (Å²) >= 11 is 13.2. The van der Waals surface area contributed by atoms with Crippen molar-refractivity contribution < 1.29 is 18.6 Å². The second kappa shape index (κ2) is 13.3. The number of methoxy groups -OCH3 is 2. The molecule has 0 fully saturated rings. The fourth-order valence-corrected chi connectivity index (χ4v) is 5.83. The number of benzene rings is 4. The van der Waals surface area contributed by atoms with E-state index in [0.717, 1.165) is 31.2 Å². The number of ether oxygens (including phenoxy) is 3. The van der Waals surface area contributed by atoms with Crippen LogP contribution in [-0.2, 0) is 6.61 Å². The monoisotopic (exact) mass is 704 g/mol. The van der Waals surface area contributed by atoms with E-state index in [2.05, 4.69) is 42.9 Å². The average Bonchev–Trinajstić information content (AvgIpc) is 3.39. The Hall–Kier alpha value is -4.03. The van der Waals surface area contributed by atoms with E-state index in [0.29, 0.717) is 45.8 Å². The molecule has 1 heterocycles. The Morgan fingerprint density at radius 2 is 1.43 bits per heavy atom. The lowest BCUT2D eigenvalue weighted by atomic mass is 9.98. The normalized spacial score (nSPS) is 11.0. The molecule has 5 aromatic rings. The smallest absolute Gasteiger partial charge is 0.238 e. The van der Waals surface area contributed by atoms with Gasteiger partial charge in [0.1, 0.15) is 41.2 Å².